The summed E-state index contributed by atoms with van der Waals surface area (Å²) in [5.41, 5.74) is 1.97. The lowest BCUT2D eigenvalue weighted by atomic mass is 10.3. The molecule has 0 bridgehead atoms. The minimum absolute atomic E-state index is 0.574. The van der Waals surface area contributed by atoms with E-state index in [2.05, 4.69) is 10.1 Å². The van der Waals surface area contributed by atoms with E-state index in [9.17, 15) is 0 Å². The zero-order chi connectivity index (χ0) is 9.54. The van der Waals surface area contributed by atoms with Gasteiger partial charge >= 0.3 is 0 Å². The van der Waals surface area contributed by atoms with Crippen LogP contribution in [0, 0.1) is 6.92 Å². The molecule has 0 aliphatic heterocycles. The second-order valence-corrected chi connectivity index (χ2v) is 3.66. The summed E-state index contributed by atoms with van der Waals surface area (Å²) in [6.45, 7) is 1.95. The average Bonchev–Trinajstić information content (AvgIpc) is 2.75. The van der Waals surface area contributed by atoms with Gasteiger partial charge in [-0.3, -0.25) is 4.68 Å². The van der Waals surface area contributed by atoms with Crippen LogP contribution in [-0.2, 0) is 0 Å². The molecule has 0 unspecified atom stereocenters. The molecule has 1 aliphatic carbocycles. The Kier molecular flexibility index (Phi) is 1.50. The van der Waals surface area contributed by atoms with Gasteiger partial charge in [0.25, 0.3) is 0 Å². The zero-order valence-electron chi connectivity index (χ0n) is 7.97. The summed E-state index contributed by atoms with van der Waals surface area (Å²) in [5, 5.41) is 4.30. The summed E-state index contributed by atoms with van der Waals surface area (Å²) in [6, 6.07) is 2.55. The molecular weight excluding hydrogens is 178 g/mol. The molecule has 2 heterocycles. The second kappa shape index (κ2) is 2.70. The Morgan fingerprint density at radius 2 is 2.36 bits per heavy atom. The Morgan fingerprint density at radius 3 is 3.00 bits per heavy atom. The first-order valence-electron chi connectivity index (χ1n) is 4.80. The Morgan fingerprint density at radius 1 is 1.50 bits per heavy atom. The first kappa shape index (κ1) is 7.79. The van der Waals surface area contributed by atoms with Gasteiger partial charge in [0.2, 0.25) is 0 Å². The van der Waals surface area contributed by atoms with Crippen LogP contribution in [0.5, 0.6) is 0 Å². The first-order chi connectivity index (χ1) is 6.86. The summed E-state index contributed by atoms with van der Waals surface area (Å²) in [4.78, 5) is 4.09. The van der Waals surface area contributed by atoms with Crippen molar-refractivity contribution >= 4 is 0 Å². The van der Waals surface area contributed by atoms with E-state index in [0.717, 1.165) is 17.1 Å². The summed E-state index contributed by atoms with van der Waals surface area (Å²) in [5.74, 6) is 0.842. The van der Waals surface area contributed by atoms with Crippen LogP contribution in [0.4, 0.5) is 0 Å². The van der Waals surface area contributed by atoms with Crippen LogP contribution in [0.15, 0.2) is 23.1 Å². The topological polar surface area (TPSA) is 43.9 Å². The maximum absolute atomic E-state index is 5.36. The van der Waals surface area contributed by atoms with Gasteiger partial charge < -0.3 is 4.42 Å². The van der Waals surface area contributed by atoms with Crippen LogP contribution in [0.1, 0.15) is 24.6 Å². The molecule has 4 nitrogen and oxygen atoms in total. The maximum Gasteiger partial charge on any atom is 0.181 e. The highest BCUT2D eigenvalue weighted by Gasteiger charge is 2.27. The second-order valence-electron chi connectivity index (χ2n) is 3.66. The fraction of sp³-hybridized carbons (Fsp3) is 0.400. The molecule has 0 spiro atoms. The number of hydrogen-bond acceptors (Lipinski definition) is 3. The number of oxazole rings is 1. The third-order valence-corrected chi connectivity index (χ3v) is 2.54. The van der Waals surface area contributed by atoms with Crippen molar-refractivity contribution in [1.29, 1.82) is 0 Å². The van der Waals surface area contributed by atoms with E-state index >= 15 is 0 Å². The Balaban J connectivity index is 2.11. The molecular formula is C10H11N3O. The van der Waals surface area contributed by atoms with Gasteiger partial charge in [0.15, 0.2) is 12.2 Å². The minimum Gasteiger partial charge on any atom is -0.442 e. The van der Waals surface area contributed by atoms with Crippen LogP contribution < -0.4 is 0 Å². The van der Waals surface area contributed by atoms with Crippen LogP contribution in [-0.4, -0.2) is 14.8 Å². The van der Waals surface area contributed by atoms with Crippen LogP contribution in [0.2, 0.25) is 0 Å². The molecule has 72 valence electrons. The van der Waals surface area contributed by atoms with Gasteiger partial charge in [-0.05, 0) is 25.8 Å². The molecule has 2 aromatic heterocycles. The molecule has 0 radical (unpaired) electrons. The van der Waals surface area contributed by atoms with Crippen molar-refractivity contribution < 1.29 is 4.42 Å². The predicted molar refractivity (Wildman–Crippen MR) is 50.7 cm³/mol. The minimum atomic E-state index is 0.574. The fourth-order valence-corrected chi connectivity index (χ4v) is 1.65. The maximum atomic E-state index is 5.36. The lowest BCUT2D eigenvalue weighted by Crippen LogP contribution is -1.98. The number of nitrogens with zero attached hydrogens (tertiary/aromatic N) is 3. The summed E-state index contributed by atoms with van der Waals surface area (Å²) < 4.78 is 7.39. The average molecular weight is 189 g/mol. The van der Waals surface area contributed by atoms with Gasteiger partial charge in [0.1, 0.15) is 5.69 Å². The molecule has 1 fully saturated rings. The van der Waals surface area contributed by atoms with Crippen LogP contribution in [0.3, 0.4) is 0 Å². The highest BCUT2D eigenvalue weighted by atomic mass is 16.3. The lowest BCUT2D eigenvalue weighted by molar-refractivity contribution is 0.554. The van der Waals surface area contributed by atoms with E-state index in [1.165, 1.54) is 19.2 Å². The van der Waals surface area contributed by atoms with Crippen molar-refractivity contribution in [1.82, 2.24) is 14.8 Å². The standard InChI is InChI=1S/C10H11N3O/c1-7-10(14-6-11-7)9-4-5-12-13(9)8-2-3-8/h4-6,8H,2-3H2,1H3. The van der Waals surface area contributed by atoms with E-state index < -0.39 is 0 Å². The highest BCUT2D eigenvalue weighted by Crippen LogP contribution is 2.38. The van der Waals surface area contributed by atoms with Gasteiger partial charge in [0, 0.05) is 6.20 Å². The SMILES string of the molecule is Cc1ncoc1-c1ccnn1C1CC1. The van der Waals surface area contributed by atoms with Crippen LogP contribution in [0.25, 0.3) is 11.5 Å². The molecule has 1 saturated carbocycles. The quantitative estimate of drug-likeness (QED) is 0.727. The van der Waals surface area contributed by atoms with Crippen molar-refractivity contribution in [3.05, 3.63) is 24.4 Å². The lowest BCUT2D eigenvalue weighted by Gasteiger charge is -2.02. The predicted octanol–water partition coefficient (Wildman–Crippen LogP) is 2.18. The zero-order valence-corrected chi connectivity index (χ0v) is 7.97. The summed E-state index contributed by atoms with van der Waals surface area (Å²) in [7, 11) is 0. The first-order valence-corrected chi connectivity index (χ1v) is 4.80. The normalized spacial score (nSPS) is 16.1. The molecule has 0 saturated heterocycles. The van der Waals surface area contributed by atoms with Gasteiger partial charge in [-0.1, -0.05) is 0 Å². The molecule has 2 aromatic rings. The molecule has 3 rings (SSSR count). The van der Waals surface area contributed by atoms with Crippen molar-refractivity contribution in [2.24, 2.45) is 0 Å². The summed E-state index contributed by atoms with van der Waals surface area (Å²) in [6.07, 6.45) is 5.74. The van der Waals surface area contributed by atoms with Crippen molar-refractivity contribution in [3.63, 3.8) is 0 Å². The Hall–Kier alpha value is -1.58. The molecule has 14 heavy (non-hydrogen) atoms. The van der Waals surface area contributed by atoms with Crippen molar-refractivity contribution in [2.45, 2.75) is 25.8 Å². The highest BCUT2D eigenvalue weighted by molar-refractivity contribution is 5.54. The van der Waals surface area contributed by atoms with Crippen LogP contribution >= 0.6 is 0 Å². The van der Waals surface area contributed by atoms with Gasteiger partial charge in [-0.25, -0.2) is 4.98 Å². The molecule has 1 aliphatic rings. The summed E-state index contributed by atoms with van der Waals surface area (Å²) >= 11 is 0. The number of hydrogen-bond donors (Lipinski definition) is 0. The van der Waals surface area contributed by atoms with E-state index in [1.807, 2.05) is 23.9 Å². The molecule has 0 amide bonds. The number of aromatic nitrogens is 3. The Bertz CT molecular complexity index is 453. The smallest absolute Gasteiger partial charge is 0.181 e. The van der Waals surface area contributed by atoms with E-state index in [-0.39, 0.29) is 0 Å². The van der Waals surface area contributed by atoms with Crippen molar-refractivity contribution in [2.75, 3.05) is 0 Å². The van der Waals surface area contributed by atoms with Crippen molar-refractivity contribution in [3.8, 4) is 11.5 Å². The molecule has 0 aromatic carbocycles. The monoisotopic (exact) mass is 189 g/mol. The Labute approximate surface area is 81.6 Å². The van der Waals surface area contributed by atoms with Gasteiger partial charge in [0.05, 0.1) is 11.7 Å². The molecule has 0 N–H and O–H groups in total. The molecule has 0 atom stereocenters. The van der Waals surface area contributed by atoms with E-state index in [1.54, 1.807) is 0 Å². The third-order valence-electron chi connectivity index (χ3n) is 2.54. The third kappa shape index (κ3) is 1.07. The number of rotatable bonds is 2. The largest absolute Gasteiger partial charge is 0.442 e. The number of aryl methyl sites for hydroxylation is 1. The van der Waals surface area contributed by atoms with Gasteiger partial charge in [-0.15, -0.1) is 0 Å². The fourth-order valence-electron chi connectivity index (χ4n) is 1.65. The molecule has 4 heteroatoms. The van der Waals surface area contributed by atoms with Gasteiger partial charge in [-0.2, -0.15) is 5.10 Å². The van der Waals surface area contributed by atoms with E-state index in [0.29, 0.717) is 6.04 Å². The van der Waals surface area contributed by atoms with E-state index in [4.69, 9.17) is 4.42 Å².